The fourth-order valence-electron chi connectivity index (χ4n) is 1.98. The van der Waals surface area contributed by atoms with Gasteiger partial charge in [-0.05, 0) is 12.8 Å². The van der Waals surface area contributed by atoms with Gasteiger partial charge in [-0.2, -0.15) is 10.1 Å². The SMILES string of the molecule is c1n[nH]c(-c2noc(C3CCCC3)n2)n1. The van der Waals surface area contributed by atoms with Crippen molar-refractivity contribution < 1.29 is 4.52 Å². The summed E-state index contributed by atoms with van der Waals surface area (Å²) in [4.78, 5) is 8.30. The molecule has 2 aromatic rings. The van der Waals surface area contributed by atoms with Gasteiger partial charge >= 0.3 is 0 Å². The van der Waals surface area contributed by atoms with E-state index in [0.717, 1.165) is 18.7 Å². The van der Waals surface area contributed by atoms with E-state index in [1.165, 1.54) is 19.2 Å². The summed E-state index contributed by atoms with van der Waals surface area (Å²) >= 11 is 0. The molecule has 0 spiro atoms. The van der Waals surface area contributed by atoms with Crippen LogP contribution in [0.1, 0.15) is 37.5 Å². The molecule has 0 atom stereocenters. The lowest BCUT2D eigenvalue weighted by Crippen LogP contribution is -1.92. The standard InChI is InChI=1S/C9H11N5O/c1-2-4-6(3-1)9-12-8(14-15-9)7-10-5-11-13-7/h5-6H,1-4H2,(H,10,11,13). The Hall–Kier alpha value is -1.72. The Bertz CT molecular complexity index is 429. The third-order valence-corrected chi connectivity index (χ3v) is 2.77. The molecular formula is C9H11N5O. The number of rotatable bonds is 2. The Morgan fingerprint density at radius 3 is 2.93 bits per heavy atom. The van der Waals surface area contributed by atoms with Gasteiger partial charge in [0.25, 0.3) is 0 Å². The smallest absolute Gasteiger partial charge is 0.239 e. The van der Waals surface area contributed by atoms with Crippen LogP contribution in [0.2, 0.25) is 0 Å². The van der Waals surface area contributed by atoms with E-state index < -0.39 is 0 Å². The number of H-pyrrole nitrogens is 1. The fraction of sp³-hybridized carbons (Fsp3) is 0.556. The van der Waals surface area contributed by atoms with Gasteiger partial charge in [-0.3, -0.25) is 5.10 Å². The molecular weight excluding hydrogens is 194 g/mol. The summed E-state index contributed by atoms with van der Waals surface area (Å²) in [6.45, 7) is 0. The Kier molecular flexibility index (Phi) is 1.97. The first kappa shape index (κ1) is 8.58. The lowest BCUT2D eigenvalue weighted by molar-refractivity contribution is 0.354. The van der Waals surface area contributed by atoms with Gasteiger partial charge in [0.2, 0.25) is 11.7 Å². The van der Waals surface area contributed by atoms with Crippen molar-refractivity contribution in [1.29, 1.82) is 0 Å². The molecule has 6 nitrogen and oxygen atoms in total. The van der Waals surface area contributed by atoms with Gasteiger partial charge in [-0.1, -0.05) is 18.0 Å². The van der Waals surface area contributed by atoms with Crippen LogP contribution in [0.15, 0.2) is 10.9 Å². The Morgan fingerprint density at radius 1 is 1.33 bits per heavy atom. The van der Waals surface area contributed by atoms with E-state index in [4.69, 9.17) is 4.52 Å². The Morgan fingerprint density at radius 2 is 2.20 bits per heavy atom. The van der Waals surface area contributed by atoms with E-state index in [1.807, 2.05) is 0 Å². The second-order valence-corrected chi connectivity index (χ2v) is 3.77. The van der Waals surface area contributed by atoms with Gasteiger partial charge in [0.15, 0.2) is 5.82 Å². The molecule has 0 radical (unpaired) electrons. The zero-order valence-corrected chi connectivity index (χ0v) is 8.18. The van der Waals surface area contributed by atoms with Crippen LogP contribution in [0.25, 0.3) is 11.6 Å². The van der Waals surface area contributed by atoms with Gasteiger partial charge < -0.3 is 4.52 Å². The summed E-state index contributed by atoms with van der Waals surface area (Å²) in [5, 5.41) is 10.3. The molecule has 0 amide bonds. The molecule has 1 saturated carbocycles. The van der Waals surface area contributed by atoms with E-state index in [-0.39, 0.29) is 0 Å². The van der Waals surface area contributed by atoms with E-state index >= 15 is 0 Å². The predicted molar refractivity (Wildman–Crippen MR) is 50.9 cm³/mol. The molecule has 2 heterocycles. The van der Waals surface area contributed by atoms with Crippen LogP contribution in [-0.4, -0.2) is 25.3 Å². The summed E-state index contributed by atoms with van der Waals surface area (Å²) < 4.78 is 5.22. The summed E-state index contributed by atoms with van der Waals surface area (Å²) in [5.41, 5.74) is 0. The van der Waals surface area contributed by atoms with E-state index in [0.29, 0.717) is 17.6 Å². The molecule has 0 bridgehead atoms. The van der Waals surface area contributed by atoms with Crippen LogP contribution in [0, 0.1) is 0 Å². The maximum Gasteiger partial charge on any atom is 0.239 e. The van der Waals surface area contributed by atoms with Crippen LogP contribution in [0.3, 0.4) is 0 Å². The molecule has 0 unspecified atom stereocenters. The molecule has 1 aliphatic carbocycles. The number of hydrogen-bond acceptors (Lipinski definition) is 5. The highest BCUT2D eigenvalue weighted by molar-refractivity contribution is 5.39. The molecule has 6 heteroatoms. The van der Waals surface area contributed by atoms with Crippen LogP contribution in [0.4, 0.5) is 0 Å². The average molecular weight is 205 g/mol. The first-order valence-corrected chi connectivity index (χ1v) is 5.13. The van der Waals surface area contributed by atoms with Crippen molar-refractivity contribution in [2.24, 2.45) is 0 Å². The third-order valence-electron chi connectivity index (χ3n) is 2.77. The lowest BCUT2D eigenvalue weighted by Gasteiger charge is -1.98. The molecule has 0 aliphatic heterocycles. The van der Waals surface area contributed by atoms with Crippen LogP contribution in [-0.2, 0) is 0 Å². The van der Waals surface area contributed by atoms with Gasteiger partial charge in [0.05, 0.1) is 0 Å². The summed E-state index contributed by atoms with van der Waals surface area (Å²) in [6, 6.07) is 0. The minimum atomic E-state index is 0.439. The molecule has 2 aromatic heterocycles. The minimum absolute atomic E-state index is 0.439. The first-order valence-electron chi connectivity index (χ1n) is 5.13. The van der Waals surface area contributed by atoms with Crippen molar-refractivity contribution in [3.05, 3.63) is 12.2 Å². The summed E-state index contributed by atoms with van der Waals surface area (Å²) in [5.74, 6) is 2.23. The third kappa shape index (κ3) is 1.51. The zero-order chi connectivity index (χ0) is 10.1. The summed E-state index contributed by atoms with van der Waals surface area (Å²) in [7, 11) is 0. The predicted octanol–water partition coefficient (Wildman–Crippen LogP) is 1.51. The zero-order valence-electron chi connectivity index (χ0n) is 8.18. The van der Waals surface area contributed by atoms with Gasteiger partial charge in [0, 0.05) is 5.92 Å². The molecule has 1 N–H and O–H groups in total. The lowest BCUT2D eigenvalue weighted by atomic mass is 10.1. The van der Waals surface area contributed by atoms with E-state index in [9.17, 15) is 0 Å². The van der Waals surface area contributed by atoms with Crippen molar-refractivity contribution in [3.63, 3.8) is 0 Å². The van der Waals surface area contributed by atoms with Crippen molar-refractivity contribution in [1.82, 2.24) is 25.3 Å². The topological polar surface area (TPSA) is 80.5 Å². The highest BCUT2D eigenvalue weighted by Gasteiger charge is 2.23. The van der Waals surface area contributed by atoms with Crippen molar-refractivity contribution in [2.75, 3.05) is 0 Å². The highest BCUT2D eigenvalue weighted by Crippen LogP contribution is 2.33. The minimum Gasteiger partial charge on any atom is -0.339 e. The van der Waals surface area contributed by atoms with Crippen LogP contribution in [0.5, 0.6) is 0 Å². The number of aromatic amines is 1. The molecule has 0 aromatic carbocycles. The number of aromatic nitrogens is 5. The molecule has 0 saturated heterocycles. The Balaban J connectivity index is 1.87. The van der Waals surface area contributed by atoms with E-state index in [2.05, 4.69) is 25.3 Å². The largest absolute Gasteiger partial charge is 0.339 e. The highest BCUT2D eigenvalue weighted by atomic mass is 16.5. The summed E-state index contributed by atoms with van der Waals surface area (Å²) in [6.07, 6.45) is 6.24. The molecule has 1 aliphatic rings. The van der Waals surface area contributed by atoms with Crippen molar-refractivity contribution >= 4 is 0 Å². The average Bonchev–Trinajstić information content (AvgIpc) is 3.02. The van der Waals surface area contributed by atoms with Gasteiger partial charge in [0.1, 0.15) is 6.33 Å². The molecule has 15 heavy (non-hydrogen) atoms. The van der Waals surface area contributed by atoms with Crippen LogP contribution >= 0.6 is 0 Å². The van der Waals surface area contributed by atoms with E-state index in [1.54, 1.807) is 0 Å². The van der Waals surface area contributed by atoms with Gasteiger partial charge in [-0.25, -0.2) is 4.98 Å². The Labute approximate surface area is 86.1 Å². The number of hydrogen-bond donors (Lipinski definition) is 1. The van der Waals surface area contributed by atoms with Crippen LogP contribution < -0.4 is 0 Å². The second-order valence-electron chi connectivity index (χ2n) is 3.77. The quantitative estimate of drug-likeness (QED) is 0.803. The normalized spacial score (nSPS) is 17.3. The first-order chi connectivity index (χ1) is 7.43. The molecule has 78 valence electrons. The second kappa shape index (κ2) is 3.45. The van der Waals surface area contributed by atoms with Gasteiger partial charge in [-0.15, -0.1) is 0 Å². The maximum atomic E-state index is 5.22. The number of nitrogens with zero attached hydrogens (tertiary/aromatic N) is 4. The monoisotopic (exact) mass is 205 g/mol. The van der Waals surface area contributed by atoms with Crippen molar-refractivity contribution in [3.8, 4) is 11.6 Å². The van der Waals surface area contributed by atoms with Crippen molar-refractivity contribution in [2.45, 2.75) is 31.6 Å². The molecule has 3 rings (SSSR count). The maximum absolute atomic E-state index is 5.22. The number of nitrogens with one attached hydrogen (secondary N) is 1. The molecule has 1 fully saturated rings. The fourth-order valence-corrected chi connectivity index (χ4v) is 1.98.